The minimum absolute atomic E-state index is 0.812. The lowest BCUT2D eigenvalue weighted by atomic mass is 10.3. The Balaban J connectivity index is 2.27. The molecule has 5 nitrogen and oxygen atoms in total. The number of hydrogen-bond donors (Lipinski definition) is 1. The van der Waals surface area contributed by atoms with Gasteiger partial charge in [-0.2, -0.15) is 0 Å². The predicted octanol–water partition coefficient (Wildman–Crippen LogP) is 0.639. The number of nitrogens with zero attached hydrogens (tertiary/aromatic N) is 4. The molecule has 0 spiro atoms. The number of rotatable bonds is 4. The predicted molar refractivity (Wildman–Crippen MR) is 61.9 cm³/mol. The average Bonchev–Trinajstić information content (AvgIpc) is 2.69. The molecule has 0 aliphatic heterocycles. The number of hydrogen-bond acceptors (Lipinski definition) is 4. The molecule has 5 heteroatoms. The lowest BCUT2D eigenvalue weighted by Gasteiger charge is -2.02. The van der Waals surface area contributed by atoms with Gasteiger partial charge in [-0.1, -0.05) is 6.07 Å². The number of aromatic nitrogens is 4. The number of nitrogens with one attached hydrogen (secondary N) is 1. The van der Waals surface area contributed by atoms with Crippen LogP contribution < -0.4 is 5.32 Å². The van der Waals surface area contributed by atoms with E-state index in [9.17, 15) is 0 Å². The highest BCUT2D eigenvalue weighted by Crippen LogP contribution is 2.13. The molecule has 1 N–H and O–H groups in total. The zero-order valence-electron chi connectivity index (χ0n) is 9.51. The van der Waals surface area contributed by atoms with Gasteiger partial charge in [0.1, 0.15) is 11.5 Å². The van der Waals surface area contributed by atoms with E-state index in [0.717, 1.165) is 30.3 Å². The molecule has 16 heavy (non-hydrogen) atoms. The number of likely N-dealkylation sites (N-methyl/N-ethyl adjacent to an activating group) is 1. The molecule has 0 saturated heterocycles. The van der Waals surface area contributed by atoms with Crippen molar-refractivity contribution in [3.63, 3.8) is 0 Å². The van der Waals surface area contributed by atoms with Crippen molar-refractivity contribution in [3.05, 3.63) is 30.2 Å². The highest BCUT2D eigenvalue weighted by Gasteiger charge is 2.10. The van der Waals surface area contributed by atoms with Crippen molar-refractivity contribution in [3.8, 4) is 11.5 Å². The molecule has 0 aromatic carbocycles. The maximum absolute atomic E-state index is 4.26. The van der Waals surface area contributed by atoms with E-state index in [1.165, 1.54) is 0 Å². The van der Waals surface area contributed by atoms with Gasteiger partial charge in [0, 0.05) is 26.2 Å². The fourth-order valence-corrected chi connectivity index (χ4v) is 1.53. The third-order valence-corrected chi connectivity index (χ3v) is 2.46. The topological polar surface area (TPSA) is 55.6 Å². The molecule has 0 aliphatic carbocycles. The van der Waals surface area contributed by atoms with Crippen molar-refractivity contribution in [1.29, 1.82) is 0 Å². The first-order valence-electron chi connectivity index (χ1n) is 5.27. The molecule has 0 amide bonds. The second-order valence-corrected chi connectivity index (χ2v) is 3.57. The summed E-state index contributed by atoms with van der Waals surface area (Å²) >= 11 is 0. The molecule has 84 valence electrons. The molecule has 0 fully saturated rings. The Morgan fingerprint density at radius 3 is 2.88 bits per heavy atom. The van der Waals surface area contributed by atoms with Gasteiger partial charge in [-0.25, -0.2) is 0 Å². The van der Waals surface area contributed by atoms with E-state index in [1.54, 1.807) is 6.20 Å². The van der Waals surface area contributed by atoms with Crippen LogP contribution in [0.5, 0.6) is 0 Å². The molecular weight excluding hydrogens is 202 g/mol. The van der Waals surface area contributed by atoms with Crippen LogP contribution in [0.4, 0.5) is 0 Å². The van der Waals surface area contributed by atoms with Crippen LogP contribution in [0.2, 0.25) is 0 Å². The van der Waals surface area contributed by atoms with E-state index in [2.05, 4.69) is 20.5 Å². The van der Waals surface area contributed by atoms with Crippen molar-refractivity contribution in [2.75, 3.05) is 13.6 Å². The minimum Gasteiger partial charge on any atom is -0.319 e. The monoisotopic (exact) mass is 217 g/mol. The first kappa shape index (κ1) is 10.8. The van der Waals surface area contributed by atoms with Crippen molar-refractivity contribution in [2.24, 2.45) is 7.05 Å². The minimum atomic E-state index is 0.812. The average molecular weight is 217 g/mol. The van der Waals surface area contributed by atoms with Crippen LogP contribution in [-0.2, 0) is 13.5 Å². The highest BCUT2D eigenvalue weighted by molar-refractivity contribution is 5.48. The molecule has 0 saturated carbocycles. The zero-order chi connectivity index (χ0) is 11.4. The van der Waals surface area contributed by atoms with Crippen LogP contribution in [0.3, 0.4) is 0 Å². The van der Waals surface area contributed by atoms with E-state index >= 15 is 0 Å². The van der Waals surface area contributed by atoms with E-state index < -0.39 is 0 Å². The second kappa shape index (κ2) is 4.85. The summed E-state index contributed by atoms with van der Waals surface area (Å²) in [5, 5.41) is 11.4. The summed E-state index contributed by atoms with van der Waals surface area (Å²) in [7, 11) is 3.89. The molecule has 2 rings (SSSR count). The number of pyridine rings is 1. The normalized spacial score (nSPS) is 10.6. The van der Waals surface area contributed by atoms with Crippen molar-refractivity contribution in [1.82, 2.24) is 25.1 Å². The Morgan fingerprint density at radius 1 is 1.31 bits per heavy atom. The Labute approximate surface area is 94.5 Å². The third kappa shape index (κ3) is 2.09. The summed E-state index contributed by atoms with van der Waals surface area (Å²) in [5.74, 6) is 1.78. The maximum Gasteiger partial charge on any atom is 0.182 e. The van der Waals surface area contributed by atoms with Crippen molar-refractivity contribution < 1.29 is 0 Å². The summed E-state index contributed by atoms with van der Waals surface area (Å²) in [4.78, 5) is 4.26. The highest BCUT2D eigenvalue weighted by atomic mass is 15.3. The van der Waals surface area contributed by atoms with Gasteiger partial charge in [-0.05, 0) is 19.2 Å². The molecule has 2 heterocycles. The molecule has 0 aliphatic rings. The molecule has 0 atom stereocenters. The fourth-order valence-electron chi connectivity index (χ4n) is 1.53. The largest absolute Gasteiger partial charge is 0.319 e. The maximum atomic E-state index is 4.26. The van der Waals surface area contributed by atoms with Crippen LogP contribution in [-0.4, -0.2) is 33.3 Å². The zero-order valence-corrected chi connectivity index (χ0v) is 9.51. The Hall–Kier alpha value is -1.75. The summed E-state index contributed by atoms with van der Waals surface area (Å²) in [6, 6.07) is 5.78. The van der Waals surface area contributed by atoms with Gasteiger partial charge in [0.15, 0.2) is 5.82 Å². The lowest BCUT2D eigenvalue weighted by molar-refractivity contribution is 0.717. The summed E-state index contributed by atoms with van der Waals surface area (Å²) in [5.41, 5.74) is 0.855. The van der Waals surface area contributed by atoms with Gasteiger partial charge >= 0.3 is 0 Å². The second-order valence-electron chi connectivity index (χ2n) is 3.57. The van der Waals surface area contributed by atoms with Gasteiger partial charge < -0.3 is 9.88 Å². The SMILES string of the molecule is CNCCc1nnc(-c2ccccn2)n1C. The van der Waals surface area contributed by atoms with Crippen LogP contribution in [0.15, 0.2) is 24.4 Å². The standard InChI is InChI=1S/C11H15N5/c1-12-8-6-10-14-15-11(16(10)2)9-5-3-4-7-13-9/h3-5,7,12H,6,8H2,1-2H3. The molecular formula is C11H15N5. The van der Waals surface area contributed by atoms with Crippen LogP contribution in [0, 0.1) is 0 Å². The quantitative estimate of drug-likeness (QED) is 0.816. The molecule has 2 aromatic rings. The Kier molecular flexibility index (Phi) is 3.26. The summed E-state index contributed by atoms with van der Waals surface area (Å²) in [6.45, 7) is 0.897. The molecule has 0 bridgehead atoms. The molecule has 2 aromatic heterocycles. The van der Waals surface area contributed by atoms with Crippen LogP contribution in [0.1, 0.15) is 5.82 Å². The van der Waals surface area contributed by atoms with Crippen molar-refractivity contribution in [2.45, 2.75) is 6.42 Å². The van der Waals surface area contributed by atoms with E-state index in [0.29, 0.717) is 0 Å². The smallest absolute Gasteiger partial charge is 0.182 e. The third-order valence-electron chi connectivity index (χ3n) is 2.46. The van der Waals surface area contributed by atoms with Crippen molar-refractivity contribution >= 4 is 0 Å². The fraction of sp³-hybridized carbons (Fsp3) is 0.364. The summed E-state index contributed by atoms with van der Waals surface area (Å²) in [6.07, 6.45) is 2.63. The van der Waals surface area contributed by atoms with Gasteiger partial charge in [0.05, 0.1) is 0 Å². The Bertz CT molecular complexity index is 449. The van der Waals surface area contributed by atoms with Gasteiger partial charge in [-0.15, -0.1) is 10.2 Å². The van der Waals surface area contributed by atoms with Gasteiger partial charge in [0.2, 0.25) is 0 Å². The molecule has 0 radical (unpaired) electrons. The van der Waals surface area contributed by atoms with Gasteiger partial charge in [0.25, 0.3) is 0 Å². The lowest BCUT2D eigenvalue weighted by Crippen LogP contribution is -2.13. The van der Waals surface area contributed by atoms with E-state index in [-0.39, 0.29) is 0 Å². The van der Waals surface area contributed by atoms with Crippen LogP contribution >= 0.6 is 0 Å². The Morgan fingerprint density at radius 2 is 2.19 bits per heavy atom. The summed E-state index contributed by atoms with van der Waals surface area (Å²) < 4.78 is 1.99. The molecule has 0 unspecified atom stereocenters. The van der Waals surface area contributed by atoms with E-state index in [1.807, 2.05) is 36.9 Å². The van der Waals surface area contributed by atoms with E-state index in [4.69, 9.17) is 0 Å². The first-order chi connectivity index (χ1) is 7.83. The van der Waals surface area contributed by atoms with Gasteiger partial charge in [-0.3, -0.25) is 4.98 Å². The van der Waals surface area contributed by atoms with Crippen LogP contribution in [0.25, 0.3) is 11.5 Å². The first-order valence-corrected chi connectivity index (χ1v) is 5.27.